The Balaban J connectivity index is 1.78. The van der Waals surface area contributed by atoms with Crippen LogP contribution in [0.4, 0.5) is 5.69 Å². The summed E-state index contributed by atoms with van der Waals surface area (Å²) in [6, 6.07) is 3.98. The summed E-state index contributed by atoms with van der Waals surface area (Å²) in [6.45, 7) is -0.456. The van der Waals surface area contributed by atoms with Gasteiger partial charge in [0.1, 0.15) is 6.54 Å². The first-order chi connectivity index (χ1) is 14.3. The van der Waals surface area contributed by atoms with Gasteiger partial charge in [-0.2, -0.15) is 0 Å². The van der Waals surface area contributed by atoms with E-state index in [-0.39, 0.29) is 35.0 Å². The number of esters is 2. The largest absolute Gasteiger partial charge is 0.465 e. The molecule has 1 saturated carbocycles. The molecule has 0 unspecified atom stereocenters. The van der Waals surface area contributed by atoms with Crippen molar-refractivity contribution in [1.82, 2.24) is 4.90 Å². The number of anilines is 1. The molecule has 30 heavy (non-hydrogen) atoms. The third-order valence-corrected chi connectivity index (χ3v) is 5.72. The number of methoxy groups -OCH3 is 2. The van der Waals surface area contributed by atoms with Crippen LogP contribution in [-0.2, 0) is 23.9 Å². The first-order valence-corrected chi connectivity index (χ1v) is 9.76. The molecular weight excluding hydrogens is 392 g/mol. The van der Waals surface area contributed by atoms with E-state index in [1.807, 2.05) is 0 Å². The van der Waals surface area contributed by atoms with Crippen molar-refractivity contribution in [2.75, 3.05) is 26.1 Å². The lowest BCUT2D eigenvalue weighted by molar-refractivity contribution is -0.144. The van der Waals surface area contributed by atoms with Crippen LogP contribution in [0.1, 0.15) is 59.2 Å². The number of carbonyl (C=O) groups excluding carboxylic acids is 5. The molecule has 1 aliphatic heterocycles. The zero-order valence-electron chi connectivity index (χ0n) is 17.0. The second-order valence-electron chi connectivity index (χ2n) is 7.59. The van der Waals surface area contributed by atoms with Gasteiger partial charge in [0, 0.05) is 6.42 Å². The van der Waals surface area contributed by atoms with Gasteiger partial charge in [0.25, 0.3) is 0 Å². The van der Waals surface area contributed by atoms with E-state index in [0.29, 0.717) is 12.8 Å². The number of imide groups is 1. The Morgan fingerprint density at radius 1 is 1.03 bits per heavy atom. The van der Waals surface area contributed by atoms with E-state index in [9.17, 15) is 24.0 Å². The molecule has 2 fully saturated rings. The molecule has 1 aromatic rings. The Hall–Kier alpha value is -3.23. The first-order valence-electron chi connectivity index (χ1n) is 9.76. The second-order valence-corrected chi connectivity index (χ2v) is 7.59. The Bertz CT molecular complexity index is 903. The van der Waals surface area contributed by atoms with Gasteiger partial charge < -0.3 is 14.8 Å². The molecule has 1 aliphatic carbocycles. The number of benzene rings is 1. The van der Waals surface area contributed by atoms with Gasteiger partial charge in [-0.1, -0.05) is 19.3 Å². The maximum atomic E-state index is 12.9. The Morgan fingerprint density at radius 2 is 1.70 bits per heavy atom. The third kappa shape index (κ3) is 4.05. The molecule has 9 nitrogen and oxygen atoms in total. The smallest absolute Gasteiger partial charge is 0.339 e. The molecule has 1 heterocycles. The lowest BCUT2D eigenvalue weighted by Gasteiger charge is -2.30. The summed E-state index contributed by atoms with van der Waals surface area (Å²) in [6.07, 6.45) is 4.26. The van der Waals surface area contributed by atoms with Crippen molar-refractivity contribution in [3.8, 4) is 0 Å². The molecule has 9 heteroatoms. The number of likely N-dealkylation sites (tertiary alicyclic amines) is 1. The molecule has 0 radical (unpaired) electrons. The lowest BCUT2D eigenvalue weighted by atomic mass is 9.73. The fourth-order valence-electron chi connectivity index (χ4n) is 4.15. The monoisotopic (exact) mass is 416 g/mol. The van der Waals surface area contributed by atoms with Crippen LogP contribution in [0, 0.1) is 5.41 Å². The van der Waals surface area contributed by atoms with Gasteiger partial charge in [0.15, 0.2) is 0 Å². The van der Waals surface area contributed by atoms with Crippen molar-refractivity contribution in [3.63, 3.8) is 0 Å². The summed E-state index contributed by atoms with van der Waals surface area (Å²) in [5.41, 5.74) is -0.505. The summed E-state index contributed by atoms with van der Waals surface area (Å²) in [4.78, 5) is 62.7. The molecule has 2 aliphatic rings. The topological polar surface area (TPSA) is 119 Å². The Kier molecular flexibility index (Phi) is 6.19. The minimum absolute atomic E-state index is 0.0289. The zero-order chi connectivity index (χ0) is 21.9. The maximum absolute atomic E-state index is 12.9. The van der Waals surface area contributed by atoms with Crippen molar-refractivity contribution in [2.45, 2.75) is 38.5 Å². The third-order valence-electron chi connectivity index (χ3n) is 5.72. The Labute approximate surface area is 173 Å². The van der Waals surface area contributed by atoms with Gasteiger partial charge in [-0.05, 0) is 31.0 Å². The van der Waals surface area contributed by atoms with Crippen molar-refractivity contribution in [2.24, 2.45) is 5.41 Å². The number of amides is 3. The van der Waals surface area contributed by atoms with Gasteiger partial charge in [0.05, 0.1) is 36.4 Å². The molecule has 1 spiro atoms. The molecule has 0 bridgehead atoms. The molecule has 160 valence electrons. The predicted octanol–water partition coefficient (Wildman–Crippen LogP) is 1.91. The standard InChI is InChI=1S/C21H24N2O7/c1-29-18(26)13-6-7-14(19(27)30-2)15(10-13)22-16(24)12-23-17(25)11-21(20(23)28)8-4-3-5-9-21/h6-7,10H,3-5,8-9,11-12H2,1-2H3,(H,22,24). The minimum atomic E-state index is -0.712. The fourth-order valence-corrected chi connectivity index (χ4v) is 4.15. The summed E-state index contributed by atoms with van der Waals surface area (Å²) in [5.74, 6) is -2.69. The first kappa shape index (κ1) is 21.5. The van der Waals surface area contributed by atoms with Crippen molar-refractivity contribution < 1.29 is 33.4 Å². The number of hydrogen-bond acceptors (Lipinski definition) is 7. The molecule has 0 aromatic heterocycles. The van der Waals surface area contributed by atoms with Crippen LogP contribution in [0.15, 0.2) is 18.2 Å². The zero-order valence-corrected chi connectivity index (χ0v) is 17.0. The van der Waals surface area contributed by atoms with Crippen LogP contribution in [0.2, 0.25) is 0 Å². The lowest BCUT2D eigenvalue weighted by Crippen LogP contribution is -2.41. The van der Waals surface area contributed by atoms with Crippen LogP contribution in [0.3, 0.4) is 0 Å². The van der Waals surface area contributed by atoms with Crippen LogP contribution in [0.25, 0.3) is 0 Å². The van der Waals surface area contributed by atoms with Gasteiger partial charge in [0.2, 0.25) is 17.7 Å². The van der Waals surface area contributed by atoms with E-state index >= 15 is 0 Å². The van der Waals surface area contributed by atoms with Crippen molar-refractivity contribution >= 4 is 35.3 Å². The molecule has 3 amide bonds. The molecule has 1 saturated heterocycles. The number of ether oxygens (including phenoxy) is 2. The molecule has 1 N–H and O–H groups in total. The van der Waals surface area contributed by atoms with Gasteiger partial charge in [-0.3, -0.25) is 19.3 Å². The number of carbonyl (C=O) groups is 5. The number of nitrogens with zero attached hydrogens (tertiary/aromatic N) is 1. The van der Waals surface area contributed by atoms with Crippen LogP contribution < -0.4 is 5.32 Å². The Morgan fingerprint density at radius 3 is 2.33 bits per heavy atom. The van der Waals surface area contributed by atoms with E-state index < -0.39 is 29.8 Å². The predicted molar refractivity (Wildman–Crippen MR) is 105 cm³/mol. The number of rotatable bonds is 5. The quantitative estimate of drug-likeness (QED) is 0.575. The van der Waals surface area contributed by atoms with Gasteiger partial charge >= 0.3 is 11.9 Å². The highest BCUT2D eigenvalue weighted by Gasteiger charge is 2.51. The van der Waals surface area contributed by atoms with E-state index in [1.165, 1.54) is 32.4 Å². The highest BCUT2D eigenvalue weighted by atomic mass is 16.5. The number of nitrogens with one attached hydrogen (secondary N) is 1. The summed E-state index contributed by atoms with van der Waals surface area (Å²) >= 11 is 0. The van der Waals surface area contributed by atoms with E-state index in [2.05, 4.69) is 10.1 Å². The summed E-state index contributed by atoms with van der Waals surface area (Å²) in [5, 5.41) is 2.51. The van der Waals surface area contributed by atoms with Crippen molar-refractivity contribution in [1.29, 1.82) is 0 Å². The molecule has 1 aromatic carbocycles. The van der Waals surface area contributed by atoms with Gasteiger partial charge in [-0.25, -0.2) is 9.59 Å². The van der Waals surface area contributed by atoms with E-state index in [0.717, 1.165) is 24.2 Å². The molecule has 0 atom stereocenters. The maximum Gasteiger partial charge on any atom is 0.339 e. The number of hydrogen-bond donors (Lipinski definition) is 1. The normalized spacial score (nSPS) is 17.7. The van der Waals surface area contributed by atoms with Gasteiger partial charge in [-0.15, -0.1) is 0 Å². The van der Waals surface area contributed by atoms with E-state index in [4.69, 9.17) is 4.74 Å². The average Bonchev–Trinajstić information content (AvgIpc) is 2.96. The second kappa shape index (κ2) is 8.64. The van der Waals surface area contributed by atoms with Crippen LogP contribution in [-0.4, -0.2) is 55.3 Å². The van der Waals surface area contributed by atoms with Crippen molar-refractivity contribution in [3.05, 3.63) is 29.3 Å². The molecule has 3 rings (SSSR count). The molecular formula is C21H24N2O7. The SMILES string of the molecule is COC(=O)c1ccc(C(=O)OC)c(NC(=O)CN2C(=O)CC3(CCCCC3)C2=O)c1. The average molecular weight is 416 g/mol. The minimum Gasteiger partial charge on any atom is -0.465 e. The highest BCUT2D eigenvalue weighted by Crippen LogP contribution is 2.45. The van der Waals surface area contributed by atoms with E-state index in [1.54, 1.807) is 0 Å². The summed E-state index contributed by atoms with van der Waals surface area (Å²) < 4.78 is 9.36. The van der Waals surface area contributed by atoms with Crippen LogP contribution >= 0.6 is 0 Å². The highest BCUT2D eigenvalue weighted by molar-refractivity contribution is 6.10. The van der Waals surface area contributed by atoms with Crippen LogP contribution in [0.5, 0.6) is 0 Å². The summed E-state index contributed by atoms with van der Waals surface area (Å²) in [7, 11) is 2.40. The fraction of sp³-hybridized carbons (Fsp3) is 0.476.